The number of amides is 1. The van der Waals surface area contributed by atoms with Crippen molar-refractivity contribution in [2.24, 2.45) is 0 Å². The molecule has 3 aromatic heterocycles. The van der Waals surface area contributed by atoms with E-state index in [1.54, 1.807) is 36.7 Å². The van der Waals surface area contributed by atoms with Crippen molar-refractivity contribution < 1.29 is 29.6 Å². The van der Waals surface area contributed by atoms with Crippen LogP contribution in [0.2, 0.25) is 5.02 Å². The minimum absolute atomic E-state index is 0.0176. The summed E-state index contributed by atoms with van der Waals surface area (Å²) in [6, 6.07) is 25.0. The van der Waals surface area contributed by atoms with Gasteiger partial charge in [-0.25, -0.2) is 9.78 Å². The molecule has 0 atom stereocenters. The van der Waals surface area contributed by atoms with Crippen LogP contribution in [-0.2, 0) is 26.3 Å². The van der Waals surface area contributed by atoms with Crippen molar-refractivity contribution in [2.75, 3.05) is 26.3 Å². The van der Waals surface area contributed by atoms with Gasteiger partial charge in [0.25, 0.3) is 5.56 Å². The highest BCUT2D eigenvalue weighted by atomic mass is 35.5. The predicted octanol–water partition coefficient (Wildman–Crippen LogP) is 5.97. The second kappa shape index (κ2) is 18.4. The number of aliphatic hydroxyl groups excluding tert-OH is 2. The minimum atomic E-state index is -1.24. The maximum atomic E-state index is 13.2. The molecule has 286 valence electrons. The molecule has 0 bridgehead atoms. The van der Waals surface area contributed by atoms with Crippen LogP contribution in [0.1, 0.15) is 33.4 Å². The third-order valence-electron chi connectivity index (χ3n) is 9.16. The molecule has 0 saturated heterocycles. The van der Waals surface area contributed by atoms with Crippen LogP contribution in [0.5, 0.6) is 11.5 Å². The number of nitriles is 1. The van der Waals surface area contributed by atoms with E-state index >= 15 is 0 Å². The number of hydrogen-bond acceptors (Lipinski definition) is 10. The van der Waals surface area contributed by atoms with Crippen molar-refractivity contribution in [1.29, 1.82) is 5.26 Å². The Hall–Kier alpha value is -6.30. The van der Waals surface area contributed by atoms with Crippen molar-refractivity contribution in [2.45, 2.75) is 33.2 Å². The summed E-state index contributed by atoms with van der Waals surface area (Å²) in [7, 11) is 0. The van der Waals surface area contributed by atoms with Crippen LogP contribution in [0.3, 0.4) is 0 Å². The zero-order valence-corrected chi connectivity index (χ0v) is 31.2. The van der Waals surface area contributed by atoms with E-state index in [1.807, 2.05) is 49.4 Å². The Balaban J connectivity index is 1.21. The molecule has 14 heteroatoms. The van der Waals surface area contributed by atoms with E-state index in [0.29, 0.717) is 40.8 Å². The first-order chi connectivity index (χ1) is 27.2. The molecule has 0 aliphatic rings. The number of rotatable bonds is 16. The van der Waals surface area contributed by atoms with E-state index in [2.05, 4.69) is 27.4 Å². The third kappa shape index (κ3) is 9.31. The van der Waals surface area contributed by atoms with Crippen molar-refractivity contribution in [1.82, 2.24) is 24.6 Å². The molecule has 0 radical (unpaired) electrons. The topological polar surface area (TPSA) is 183 Å². The molecule has 0 unspecified atom stereocenters. The van der Waals surface area contributed by atoms with Gasteiger partial charge in [0.15, 0.2) is 0 Å². The number of carbonyl (C=O) groups is 1. The molecule has 3 heterocycles. The molecule has 56 heavy (non-hydrogen) atoms. The fourth-order valence-electron chi connectivity index (χ4n) is 6.19. The molecule has 4 N–H and O–H groups in total. The number of ether oxygens (including phenoxy) is 2. The summed E-state index contributed by atoms with van der Waals surface area (Å²) in [6.45, 7) is 2.55. The quantitative estimate of drug-likeness (QED) is 0.0851. The zero-order valence-electron chi connectivity index (χ0n) is 30.5. The van der Waals surface area contributed by atoms with E-state index in [0.717, 1.165) is 49.4 Å². The summed E-state index contributed by atoms with van der Waals surface area (Å²) >= 11 is 6.72. The van der Waals surface area contributed by atoms with Crippen LogP contribution in [0.4, 0.5) is 4.79 Å². The number of carboxylic acid groups (broad SMARTS) is 1. The fraction of sp³-hybridized carbons (Fsp3) is 0.214. The fourth-order valence-corrected chi connectivity index (χ4v) is 6.43. The number of benzene rings is 3. The second-order valence-corrected chi connectivity index (χ2v) is 13.3. The van der Waals surface area contributed by atoms with Gasteiger partial charge in [-0.3, -0.25) is 14.2 Å². The number of halogens is 1. The van der Waals surface area contributed by atoms with Crippen LogP contribution in [-0.4, -0.2) is 67.0 Å². The number of hydrogen-bond donors (Lipinski definition) is 4. The number of pyridine rings is 2. The van der Waals surface area contributed by atoms with Gasteiger partial charge in [-0.15, -0.1) is 0 Å². The Kier molecular flexibility index (Phi) is 12.9. The number of nitrogens with zero attached hydrogens (tertiary/aromatic N) is 5. The maximum absolute atomic E-state index is 13.2. The SMILES string of the molecule is Cc1c(COc2cc(OCc3cncc(C#N)c3)c(CNCCO)cc2Cl)cccc1-c1cccc(-c2ccn3c(=O)c(CN(CCO)C(=O)O)cnc3c2)c1. The number of aliphatic hydroxyl groups is 2. The van der Waals surface area contributed by atoms with Gasteiger partial charge in [0.05, 0.1) is 35.9 Å². The first-order valence-corrected chi connectivity index (χ1v) is 18.1. The number of nitrogens with one attached hydrogen (secondary N) is 1. The molecule has 3 aromatic carbocycles. The van der Waals surface area contributed by atoms with Gasteiger partial charge in [-0.2, -0.15) is 5.26 Å². The average molecular weight is 775 g/mol. The highest BCUT2D eigenvalue weighted by molar-refractivity contribution is 6.32. The average Bonchev–Trinajstić information content (AvgIpc) is 3.21. The summed E-state index contributed by atoms with van der Waals surface area (Å²) < 4.78 is 13.8. The summed E-state index contributed by atoms with van der Waals surface area (Å²) in [5, 5.41) is 40.7. The van der Waals surface area contributed by atoms with Gasteiger partial charge in [0, 0.05) is 61.6 Å². The molecule has 6 aromatic rings. The lowest BCUT2D eigenvalue weighted by atomic mass is 9.94. The first kappa shape index (κ1) is 39.4. The highest BCUT2D eigenvalue weighted by Gasteiger charge is 2.17. The van der Waals surface area contributed by atoms with Crippen LogP contribution in [0.15, 0.2) is 102 Å². The van der Waals surface area contributed by atoms with Crippen LogP contribution in [0.25, 0.3) is 27.9 Å². The van der Waals surface area contributed by atoms with Gasteiger partial charge in [0.1, 0.15) is 36.4 Å². The van der Waals surface area contributed by atoms with E-state index in [-0.39, 0.29) is 50.6 Å². The molecule has 1 amide bonds. The molecule has 6 rings (SSSR count). The van der Waals surface area contributed by atoms with Crippen molar-refractivity contribution >= 4 is 23.3 Å². The standard InChI is InChI=1S/C42H39ClN6O7/c1-27-33(26-56-39-18-38(34(16-37(39)43)22-45-9-12-50)55-25-29-14-28(19-44)20-46-21-29)6-3-7-36(27)32-5-2-4-30(15-32)31-8-10-49-40(17-31)47-23-35(41(49)52)24-48(11-13-51)42(53)54/h2-8,10,14-18,20-21,23,45,50-51H,9,11-13,22,24-26H2,1H3,(H,53,54). The Morgan fingerprint density at radius 2 is 1.70 bits per heavy atom. The summed E-state index contributed by atoms with van der Waals surface area (Å²) in [5.74, 6) is 0.973. The molecule has 0 aliphatic carbocycles. The zero-order chi connectivity index (χ0) is 39.6. The van der Waals surface area contributed by atoms with Crippen molar-refractivity contribution in [3.8, 4) is 39.8 Å². The smallest absolute Gasteiger partial charge is 0.407 e. The molecule has 0 fully saturated rings. The summed E-state index contributed by atoms with van der Waals surface area (Å²) in [5.41, 5.74) is 7.86. The van der Waals surface area contributed by atoms with E-state index in [1.165, 1.54) is 16.8 Å². The molecule has 0 spiro atoms. The monoisotopic (exact) mass is 774 g/mol. The Bertz CT molecular complexity index is 2470. The van der Waals surface area contributed by atoms with E-state index in [9.17, 15) is 30.2 Å². The Morgan fingerprint density at radius 3 is 2.48 bits per heavy atom. The van der Waals surface area contributed by atoms with Crippen molar-refractivity contribution in [3.05, 3.63) is 146 Å². The third-order valence-corrected chi connectivity index (χ3v) is 9.45. The lowest BCUT2D eigenvalue weighted by Gasteiger charge is -2.18. The van der Waals surface area contributed by atoms with Gasteiger partial charge >= 0.3 is 6.09 Å². The molecular formula is C42H39ClN6O7. The number of fused-ring (bicyclic) bond motifs is 1. The largest absolute Gasteiger partial charge is 0.488 e. The van der Waals surface area contributed by atoms with Gasteiger partial charge < -0.3 is 35.0 Å². The van der Waals surface area contributed by atoms with Crippen LogP contribution in [0, 0.1) is 18.3 Å². The normalized spacial score (nSPS) is 11.0. The van der Waals surface area contributed by atoms with E-state index < -0.39 is 6.09 Å². The van der Waals surface area contributed by atoms with Crippen LogP contribution >= 0.6 is 11.6 Å². The lowest BCUT2D eigenvalue weighted by Crippen LogP contribution is -2.34. The number of aromatic nitrogens is 3. The second-order valence-electron chi connectivity index (χ2n) is 12.9. The van der Waals surface area contributed by atoms with Gasteiger partial charge in [-0.1, -0.05) is 48.0 Å². The highest BCUT2D eigenvalue weighted by Crippen LogP contribution is 2.35. The molecular weight excluding hydrogens is 736 g/mol. The molecule has 0 saturated carbocycles. The maximum Gasteiger partial charge on any atom is 0.407 e. The first-order valence-electron chi connectivity index (χ1n) is 17.7. The predicted molar refractivity (Wildman–Crippen MR) is 210 cm³/mol. The van der Waals surface area contributed by atoms with Gasteiger partial charge in [0.2, 0.25) is 0 Å². The summed E-state index contributed by atoms with van der Waals surface area (Å²) in [4.78, 5) is 34.2. The minimum Gasteiger partial charge on any atom is -0.488 e. The summed E-state index contributed by atoms with van der Waals surface area (Å²) in [6.07, 6.45) is 4.90. The Labute approximate surface area is 327 Å². The molecule has 0 aliphatic heterocycles. The van der Waals surface area contributed by atoms with E-state index in [4.69, 9.17) is 21.1 Å². The van der Waals surface area contributed by atoms with Crippen LogP contribution < -0.4 is 20.3 Å². The molecule has 13 nitrogen and oxygen atoms in total. The Morgan fingerprint density at radius 1 is 0.911 bits per heavy atom. The lowest BCUT2D eigenvalue weighted by molar-refractivity contribution is 0.128. The van der Waals surface area contributed by atoms with Crippen molar-refractivity contribution in [3.63, 3.8) is 0 Å². The van der Waals surface area contributed by atoms with Gasteiger partial charge in [-0.05, 0) is 70.6 Å².